The van der Waals surface area contributed by atoms with Crippen molar-refractivity contribution in [3.8, 4) is 22.9 Å². The molecule has 8 heteroatoms. The van der Waals surface area contributed by atoms with Gasteiger partial charge in [0.05, 0.1) is 12.8 Å². The summed E-state index contributed by atoms with van der Waals surface area (Å²) < 4.78 is 10.7. The van der Waals surface area contributed by atoms with Crippen LogP contribution in [0.25, 0.3) is 11.4 Å². The van der Waals surface area contributed by atoms with Crippen molar-refractivity contribution < 1.29 is 14.3 Å². The Bertz CT molecular complexity index is 1070. The fourth-order valence-corrected chi connectivity index (χ4v) is 3.47. The maximum Gasteiger partial charge on any atom is 0.260 e. The van der Waals surface area contributed by atoms with E-state index in [1.807, 2.05) is 0 Å². The number of ether oxygens (including phenoxy) is 2. The van der Waals surface area contributed by atoms with E-state index < -0.39 is 0 Å². The van der Waals surface area contributed by atoms with Gasteiger partial charge in [0.25, 0.3) is 11.5 Å². The third-order valence-electron chi connectivity index (χ3n) is 5.10. The van der Waals surface area contributed by atoms with Crippen molar-refractivity contribution in [1.29, 1.82) is 0 Å². The number of H-pyrrole nitrogens is 1. The summed E-state index contributed by atoms with van der Waals surface area (Å²) in [5.41, 5.74) is 1.28. The molecule has 2 aromatic heterocycles. The first-order chi connectivity index (χ1) is 14.6. The molecular weight excluding hydrogens is 384 g/mol. The molecule has 1 saturated heterocycles. The summed E-state index contributed by atoms with van der Waals surface area (Å²) in [5.74, 6) is 1.77. The molecule has 1 aliphatic heterocycles. The van der Waals surface area contributed by atoms with Gasteiger partial charge in [-0.15, -0.1) is 0 Å². The quantitative estimate of drug-likeness (QED) is 0.674. The van der Waals surface area contributed by atoms with Gasteiger partial charge in [-0.25, -0.2) is 4.98 Å². The number of aromatic amines is 1. The number of amides is 1. The van der Waals surface area contributed by atoms with E-state index in [4.69, 9.17) is 9.47 Å². The molecule has 1 unspecified atom stereocenters. The summed E-state index contributed by atoms with van der Waals surface area (Å²) in [6.45, 7) is 1.08. The first kappa shape index (κ1) is 19.6. The molecule has 0 bridgehead atoms. The average Bonchev–Trinajstić information content (AvgIpc) is 3.28. The van der Waals surface area contributed by atoms with Crippen LogP contribution in [0.15, 0.2) is 59.7 Å². The van der Waals surface area contributed by atoms with Crippen molar-refractivity contribution in [2.75, 3.05) is 26.8 Å². The molecule has 1 amide bonds. The fraction of sp³-hybridized carbons (Fsp3) is 0.273. The van der Waals surface area contributed by atoms with Gasteiger partial charge < -0.3 is 19.4 Å². The number of methoxy groups -OCH3 is 1. The first-order valence-electron chi connectivity index (χ1n) is 9.68. The number of likely N-dealkylation sites (tertiary alicyclic amines) is 1. The molecule has 30 heavy (non-hydrogen) atoms. The number of benzene rings is 1. The Morgan fingerprint density at radius 2 is 1.90 bits per heavy atom. The molecule has 0 saturated carbocycles. The van der Waals surface area contributed by atoms with Gasteiger partial charge in [0.2, 0.25) is 0 Å². The molecule has 3 aromatic rings. The van der Waals surface area contributed by atoms with Crippen molar-refractivity contribution in [1.82, 2.24) is 19.9 Å². The lowest BCUT2D eigenvalue weighted by Gasteiger charge is -2.17. The van der Waals surface area contributed by atoms with E-state index in [-0.39, 0.29) is 24.0 Å². The van der Waals surface area contributed by atoms with Crippen LogP contribution in [0, 0.1) is 0 Å². The number of carbonyl (C=O) groups is 1. The van der Waals surface area contributed by atoms with Crippen LogP contribution in [0.5, 0.6) is 11.5 Å². The predicted molar refractivity (Wildman–Crippen MR) is 111 cm³/mol. The van der Waals surface area contributed by atoms with Crippen molar-refractivity contribution in [2.45, 2.75) is 12.3 Å². The number of hydrogen-bond acceptors (Lipinski definition) is 6. The third kappa shape index (κ3) is 4.48. The van der Waals surface area contributed by atoms with Gasteiger partial charge in [0.15, 0.2) is 6.61 Å². The smallest absolute Gasteiger partial charge is 0.260 e. The molecule has 1 fully saturated rings. The number of carbonyl (C=O) groups excluding carboxylic acids is 1. The minimum Gasteiger partial charge on any atom is -0.497 e. The number of nitrogens with one attached hydrogen (secondary N) is 1. The molecule has 0 spiro atoms. The highest BCUT2D eigenvalue weighted by Gasteiger charge is 2.29. The molecule has 3 heterocycles. The highest BCUT2D eigenvalue weighted by molar-refractivity contribution is 5.78. The van der Waals surface area contributed by atoms with Crippen LogP contribution in [-0.2, 0) is 4.79 Å². The molecule has 1 aliphatic rings. The van der Waals surface area contributed by atoms with E-state index in [1.54, 1.807) is 60.8 Å². The molecule has 1 aromatic carbocycles. The second kappa shape index (κ2) is 8.77. The van der Waals surface area contributed by atoms with Gasteiger partial charge in [-0.1, -0.05) is 0 Å². The van der Waals surface area contributed by atoms with Crippen LogP contribution in [0.3, 0.4) is 0 Å². The summed E-state index contributed by atoms with van der Waals surface area (Å²) in [4.78, 5) is 37.8. The van der Waals surface area contributed by atoms with Gasteiger partial charge in [-0.05, 0) is 42.8 Å². The standard InChI is InChI=1S/C22H22N4O4/c1-29-17-2-4-18(5-3-17)30-14-21(28)26-11-8-16(13-26)19-12-20(27)25-22(24-19)15-6-9-23-10-7-15/h2-7,9-10,12,16H,8,11,13-14H2,1H3,(H,24,25,27). The Morgan fingerprint density at radius 1 is 1.17 bits per heavy atom. The number of aromatic nitrogens is 3. The van der Waals surface area contributed by atoms with E-state index in [2.05, 4.69) is 15.0 Å². The van der Waals surface area contributed by atoms with Gasteiger partial charge in [-0.2, -0.15) is 0 Å². The summed E-state index contributed by atoms with van der Waals surface area (Å²) >= 11 is 0. The van der Waals surface area contributed by atoms with Crippen molar-refractivity contribution >= 4 is 5.91 Å². The molecule has 1 atom stereocenters. The third-order valence-corrected chi connectivity index (χ3v) is 5.10. The summed E-state index contributed by atoms with van der Waals surface area (Å²) in [6, 6.07) is 12.2. The van der Waals surface area contributed by atoms with Crippen LogP contribution in [0.2, 0.25) is 0 Å². The maximum atomic E-state index is 12.6. The molecule has 154 valence electrons. The molecule has 0 radical (unpaired) electrons. The number of rotatable bonds is 6. The lowest BCUT2D eigenvalue weighted by atomic mass is 10.0. The Labute approximate surface area is 173 Å². The number of pyridine rings is 1. The summed E-state index contributed by atoms with van der Waals surface area (Å²) in [7, 11) is 1.60. The molecule has 8 nitrogen and oxygen atoms in total. The summed E-state index contributed by atoms with van der Waals surface area (Å²) in [5, 5.41) is 0. The van der Waals surface area contributed by atoms with Crippen molar-refractivity contribution in [3.05, 3.63) is 70.9 Å². The zero-order chi connectivity index (χ0) is 20.9. The zero-order valence-electron chi connectivity index (χ0n) is 16.6. The SMILES string of the molecule is COc1ccc(OCC(=O)N2CCC(c3cc(=O)[nH]c(-c4ccncc4)n3)C2)cc1. The Morgan fingerprint density at radius 3 is 2.63 bits per heavy atom. The number of hydrogen-bond donors (Lipinski definition) is 1. The fourth-order valence-electron chi connectivity index (χ4n) is 3.47. The van der Waals surface area contributed by atoms with E-state index in [0.717, 1.165) is 17.7 Å². The van der Waals surface area contributed by atoms with Crippen LogP contribution in [0.4, 0.5) is 0 Å². The Balaban J connectivity index is 1.39. The molecular formula is C22H22N4O4. The highest BCUT2D eigenvalue weighted by Crippen LogP contribution is 2.26. The van der Waals surface area contributed by atoms with Crippen LogP contribution in [-0.4, -0.2) is 52.6 Å². The van der Waals surface area contributed by atoms with E-state index >= 15 is 0 Å². The monoisotopic (exact) mass is 406 g/mol. The van der Waals surface area contributed by atoms with Gasteiger partial charge in [0.1, 0.15) is 17.3 Å². The Hall–Kier alpha value is -3.68. The van der Waals surface area contributed by atoms with Crippen LogP contribution < -0.4 is 15.0 Å². The number of nitrogens with zero attached hydrogens (tertiary/aromatic N) is 3. The normalized spacial score (nSPS) is 15.8. The summed E-state index contributed by atoms with van der Waals surface area (Å²) in [6.07, 6.45) is 4.06. The van der Waals surface area contributed by atoms with E-state index in [0.29, 0.717) is 30.4 Å². The van der Waals surface area contributed by atoms with E-state index in [9.17, 15) is 9.59 Å². The molecule has 4 rings (SSSR count). The second-order valence-electron chi connectivity index (χ2n) is 7.04. The van der Waals surface area contributed by atoms with Crippen molar-refractivity contribution in [2.24, 2.45) is 0 Å². The van der Waals surface area contributed by atoms with E-state index in [1.165, 1.54) is 6.07 Å². The maximum absolute atomic E-state index is 12.6. The van der Waals surface area contributed by atoms with Gasteiger partial charge >= 0.3 is 0 Å². The largest absolute Gasteiger partial charge is 0.497 e. The predicted octanol–water partition coefficient (Wildman–Crippen LogP) is 2.24. The van der Waals surface area contributed by atoms with Crippen LogP contribution >= 0.6 is 0 Å². The lowest BCUT2D eigenvalue weighted by Crippen LogP contribution is -2.33. The molecule has 0 aliphatic carbocycles. The first-order valence-corrected chi connectivity index (χ1v) is 9.68. The van der Waals surface area contributed by atoms with Crippen molar-refractivity contribution in [3.63, 3.8) is 0 Å². The molecule has 1 N–H and O–H groups in total. The topological polar surface area (TPSA) is 97.4 Å². The van der Waals surface area contributed by atoms with Gasteiger partial charge in [-0.3, -0.25) is 14.6 Å². The highest BCUT2D eigenvalue weighted by atomic mass is 16.5. The Kier molecular flexibility index (Phi) is 5.74. The zero-order valence-corrected chi connectivity index (χ0v) is 16.6. The van der Waals surface area contributed by atoms with Gasteiger partial charge in [0, 0.05) is 43.0 Å². The van der Waals surface area contributed by atoms with Crippen LogP contribution in [0.1, 0.15) is 18.0 Å². The second-order valence-corrected chi connectivity index (χ2v) is 7.04. The lowest BCUT2D eigenvalue weighted by molar-refractivity contribution is -0.132. The average molecular weight is 406 g/mol. The minimum absolute atomic E-state index is 0.0119. The minimum atomic E-state index is -0.209.